The molecule has 0 aliphatic rings. The average molecular weight is 482 g/mol. The Morgan fingerprint density at radius 1 is 0.686 bits per heavy atom. The van der Waals surface area contributed by atoms with Crippen molar-refractivity contribution in [1.82, 2.24) is 0 Å². The van der Waals surface area contributed by atoms with Gasteiger partial charge in [-0.05, 0) is 93.5 Å². The van der Waals surface area contributed by atoms with Crippen molar-refractivity contribution in [3.63, 3.8) is 0 Å². The van der Waals surface area contributed by atoms with Gasteiger partial charge in [-0.25, -0.2) is 0 Å². The highest BCUT2D eigenvalue weighted by molar-refractivity contribution is 5.74. The molecular formula is C31H47NO3. The van der Waals surface area contributed by atoms with Gasteiger partial charge in [0.05, 0.1) is 14.2 Å². The van der Waals surface area contributed by atoms with Crippen molar-refractivity contribution in [2.24, 2.45) is 5.73 Å². The largest absolute Gasteiger partial charge is 0.497 e. The molecule has 0 radical (unpaired) electrons. The number of allylic oxidation sites excluding steroid dienone is 2. The second kappa shape index (κ2) is 24.3. The van der Waals surface area contributed by atoms with Gasteiger partial charge in [0.25, 0.3) is 0 Å². The van der Waals surface area contributed by atoms with Crippen molar-refractivity contribution in [2.75, 3.05) is 20.8 Å². The Bertz CT molecular complexity index is 754. The summed E-state index contributed by atoms with van der Waals surface area (Å²) in [7, 11) is 3.30. The summed E-state index contributed by atoms with van der Waals surface area (Å²) < 4.78 is 10.0. The smallest absolute Gasteiger partial charge is 0.150 e. The van der Waals surface area contributed by atoms with Crippen molar-refractivity contribution in [3.8, 4) is 11.5 Å². The van der Waals surface area contributed by atoms with E-state index in [-0.39, 0.29) is 0 Å². The van der Waals surface area contributed by atoms with E-state index in [0.29, 0.717) is 5.56 Å². The molecule has 0 aliphatic carbocycles. The topological polar surface area (TPSA) is 61.6 Å². The number of aryl methyl sites for hydroxylation is 1. The van der Waals surface area contributed by atoms with Crippen molar-refractivity contribution in [3.05, 3.63) is 85.0 Å². The van der Waals surface area contributed by atoms with E-state index in [2.05, 4.69) is 25.3 Å². The number of hydrogen-bond acceptors (Lipinski definition) is 4. The zero-order chi connectivity index (χ0) is 26.0. The van der Waals surface area contributed by atoms with E-state index >= 15 is 0 Å². The third kappa shape index (κ3) is 19.2. The number of unbranched alkanes of at least 4 members (excludes halogenated alkanes) is 8. The van der Waals surface area contributed by atoms with Crippen LogP contribution in [-0.2, 0) is 6.42 Å². The molecule has 0 saturated heterocycles. The molecule has 4 heteroatoms. The minimum atomic E-state index is 0.667. The maximum atomic E-state index is 10.2. The molecule has 0 heterocycles. The molecule has 0 aliphatic heterocycles. The van der Waals surface area contributed by atoms with Crippen molar-refractivity contribution in [2.45, 2.75) is 70.6 Å². The lowest BCUT2D eigenvalue weighted by Gasteiger charge is -2.03. The number of hydrogen-bond donors (Lipinski definition) is 1. The van der Waals surface area contributed by atoms with Gasteiger partial charge in [-0.1, -0.05) is 50.0 Å². The molecular weight excluding hydrogens is 434 g/mol. The molecule has 0 amide bonds. The molecule has 0 aromatic heterocycles. The van der Waals surface area contributed by atoms with Crippen LogP contribution in [0.3, 0.4) is 0 Å². The molecule has 35 heavy (non-hydrogen) atoms. The normalized spacial score (nSPS) is 9.57. The quantitative estimate of drug-likeness (QED) is 0.150. The van der Waals surface area contributed by atoms with Gasteiger partial charge in [0.1, 0.15) is 17.8 Å². The van der Waals surface area contributed by atoms with Crippen LogP contribution in [0.5, 0.6) is 11.5 Å². The highest BCUT2D eigenvalue weighted by Gasteiger charge is 1.95. The lowest BCUT2D eigenvalue weighted by atomic mass is 10.0. The van der Waals surface area contributed by atoms with Crippen molar-refractivity contribution < 1.29 is 14.3 Å². The Balaban J connectivity index is 0.000000545. The van der Waals surface area contributed by atoms with Gasteiger partial charge in [0.2, 0.25) is 0 Å². The Kier molecular flexibility index (Phi) is 22.3. The highest BCUT2D eigenvalue weighted by atomic mass is 16.5. The summed E-state index contributed by atoms with van der Waals surface area (Å²) in [5, 5.41) is 0. The van der Waals surface area contributed by atoms with Crippen LogP contribution in [0, 0.1) is 0 Å². The first-order chi connectivity index (χ1) is 17.1. The van der Waals surface area contributed by atoms with Crippen molar-refractivity contribution in [1.29, 1.82) is 0 Å². The summed E-state index contributed by atoms with van der Waals surface area (Å²) in [6.07, 6.45) is 18.5. The molecule has 2 rings (SSSR count). The first-order valence-corrected chi connectivity index (χ1v) is 12.8. The first kappa shape index (κ1) is 32.1. The Labute approximate surface area is 214 Å². The van der Waals surface area contributed by atoms with E-state index in [1.54, 1.807) is 38.5 Å². The number of rotatable bonds is 16. The Hall–Kier alpha value is -2.85. The summed E-state index contributed by atoms with van der Waals surface area (Å²) in [6.45, 7) is 8.20. The highest BCUT2D eigenvalue weighted by Crippen LogP contribution is 2.14. The number of nitrogens with two attached hydrogens (primary N) is 1. The van der Waals surface area contributed by atoms with Gasteiger partial charge < -0.3 is 15.2 Å². The molecule has 0 fully saturated rings. The zero-order valence-electron chi connectivity index (χ0n) is 22.1. The summed E-state index contributed by atoms with van der Waals surface area (Å²) in [4.78, 5) is 10.2. The third-order valence-electron chi connectivity index (χ3n) is 5.40. The zero-order valence-corrected chi connectivity index (χ0v) is 22.1. The summed E-state index contributed by atoms with van der Waals surface area (Å²) in [6, 6.07) is 15.3. The van der Waals surface area contributed by atoms with E-state index in [0.717, 1.165) is 37.2 Å². The van der Waals surface area contributed by atoms with E-state index in [4.69, 9.17) is 15.2 Å². The molecule has 194 valence electrons. The summed E-state index contributed by atoms with van der Waals surface area (Å²) >= 11 is 0. The monoisotopic (exact) mass is 481 g/mol. The predicted molar refractivity (Wildman–Crippen MR) is 151 cm³/mol. The van der Waals surface area contributed by atoms with E-state index in [9.17, 15) is 4.79 Å². The minimum Gasteiger partial charge on any atom is -0.497 e. The number of aldehydes is 1. The average Bonchev–Trinajstić information content (AvgIpc) is 2.92. The van der Waals surface area contributed by atoms with E-state index in [1.807, 2.05) is 24.3 Å². The second-order valence-electron chi connectivity index (χ2n) is 8.26. The molecule has 2 N–H and O–H groups in total. The van der Waals surface area contributed by atoms with Crippen LogP contribution in [0.2, 0.25) is 0 Å². The van der Waals surface area contributed by atoms with Gasteiger partial charge in [0.15, 0.2) is 0 Å². The molecule has 0 spiro atoms. The second-order valence-corrected chi connectivity index (χ2v) is 8.26. The number of carbonyl (C=O) groups is 1. The van der Waals surface area contributed by atoms with Gasteiger partial charge in [0, 0.05) is 5.56 Å². The molecule has 4 nitrogen and oxygen atoms in total. The van der Waals surface area contributed by atoms with Crippen LogP contribution in [0.1, 0.15) is 80.1 Å². The van der Waals surface area contributed by atoms with Gasteiger partial charge in [-0.15, -0.1) is 13.2 Å². The lowest BCUT2D eigenvalue weighted by Crippen LogP contribution is -1.97. The fraction of sp³-hybridized carbons (Fsp3) is 0.452. The fourth-order valence-corrected chi connectivity index (χ4v) is 3.23. The number of ether oxygens (including phenoxy) is 2. The molecule has 0 bridgehead atoms. The van der Waals surface area contributed by atoms with Gasteiger partial charge >= 0.3 is 0 Å². The van der Waals surface area contributed by atoms with Crippen LogP contribution >= 0.6 is 0 Å². The minimum absolute atomic E-state index is 0.667. The lowest BCUT2D eigenvalue weighted by molar-refractivity contribution is 0.112. The number of benzene rings is 2. The van der Waals surface area contributed by atoms with Crippen LogP contribution in [-0.4, -0.2) is 27.1 Å². The molecule has 2 aromatic rings. The Morgan fingerprint density at radius 3 is 1.60 bits per heavy atom. The standard InChI is InChI=1S/C16H24O.C8H8O2.C7H15N/c1-3-4-5-6-7-8-9-10-15-11-13-16(17-2)14-12-15;1-10-8-4-2-7(6-9)3-5-8;1-2-3-4-5-6-7-8/h3,11-14H,1,4-10H2,2H3;2-6H,1H3;2H,1,3-8H2. The summed E-state index contributed by atoms with van der Waals surface area (Å²) in [5.74, 6) is 1.71. The third-order valence-corrected chi connectivity index (χ3v) is 5.40. The molecule has 0 atom stereocenters. The molecule has 2 aromatic carbocycles. The summed E-state index contributed by atoms with van der Waals surface area (Å²) in [5.41, 5.74) is 7.37. The first-order valence-electron chi connectivity index (χ1n) is 12.8. The van der Waals surface area contributed by atoms with Crippen molar-refractivity contribution >= 4 is 6.29 Å². The maximum Gasteiger partial charge on any atom is 0.150 e. The fourth-order valence-electron chi connectivity index (χ4n) is 3.23. The van der Waals surface area contributed by atoms with Crippen LogP contribution in [0.25, 0.3) is 0 Å². The molecule has 0 saturated carbocycles. The maximum absolute atomic E-state index is 10.2. The number of carbonyl (C=O) groups excluding carboxylic acids is 1. The molecule has 0 unspecified atom stereocenters. The Morgan fingerprint density at radius 2 is 1.14 bits per heavy atom. The van der Waals surface area contributed by atoms with E-state index < -0.39 is 0 Å². The van der Waals surface area contributed by atoms with Gasteiger partial charge in [-0.2, -0.15) is 0 Å². The van der Waals surface area contributed by atoms with Gasteiger partial charge in [-0.3, -0.25) is 4.79 Å². The van der Waals surface area contributed by atoms with Crippen LogP contribution < -0.4 is 15.2 Å². The van der Waals surface area contributed by atoms with E-state index in [1.165, 1.54) is 63.4 Å². The SMILES string of the molecule is C=CCCCCCCCc1ccc(OC)cc1.C=CCCCCCN.COc1ccc(C=O)cc1. The van der Waals surface area contributed by atoms with Crippen LogP contribution in [0.4, 0.5) is 0 Å². The van der Waals surface area contributed by atoms with Crippen LogP contribution in [0.15, 0.2) is 73.8 Å². The number of methoxy groups -OCH3 is 2. The predicted octanol–water partition coefficient (Wildman–Crippen LogP) is 7.96.